The molecular formula is C19H24FN3O2. The lowest BCUT2D eigenvalue weighted by Gasteiger charge is -2.18. The quantitative estimate of drug-likeness (QED) is 0.598. The van der Waals surface area contributed by atoms with Gasteiger partial charge in [0.1, 0.15) is 23.4 Å². The summed E-state index contributed by atoms with van der Waals surface area (Å²) in [6, 6.07) is 13.9. The van der Waals surface area contributed by atoms with E-state index < -0.39 is 0 Å². The summed E-state index contributed by atoms with van der Waals surface area (Å²) in [6.07, 6.45) is -0.138. The van der Waals surface area contributed by atoms with Crippen molar-refractivity contribution in [3.05, 3.63) is 59.9 Å². The molecule has 1 atom stereocenters. The van der Waals surface area contributed by atoms with Gasteiger partial charge in [-0.25, -0.2) is 4.39 Å². The second-order valence-electron chi connectivity index (χ2n) is 5.54. The number of methoxy groups -OCH3 is 1. The van der Waals surface area contributed by atoms with Crippen molar-refractivity contribution in [1.29, 1.82) is 0 Å². The number of ether oxygens (including phenoxy) is 2. The second-order valence-corrected chi connectivity index (χ2v) is 5.54. The Hall–Kier alpha value is -2.76. The predicted octanol–water partition coefficient (Wildman–Crippen LogP) is 2.97. The van der Waals surface area contributed by atoms with E-state index in [1.165, 1.54) is 12.1 Å². The van der Waals surface area contributed by atoms with Crippen LogP contribution in [-0.4, -0.2) is 32.8 Å². The monoisotopic (exact) mass is 345 g/mol. The van der Waals surface area contributed by atoms with E-state index in [9.17, 15) is 4.39 Å². The summed E-state index contributed by atoms with van der Waals surface area (Å²) >= 11 is 0. The van der Waals surface area contributed by atoms with Gasteiger partial charge in [0.25, 0.3) is 0 Å². The van der Waals surface area contributed by atoms with Crippen molar-refractivity contribution >= 4 is 5.96 Å². The molecule has 0 radical (unpaired) electrons. The molecule has 2 N–H and O–H groups in total. The zero-order chi connectivity index (χ0) is 18.1. The summed E-state index contributed by atoms with van der Waals surface area (Å²) in [5.74, 6) is 1.70. The van der Waals surface area contributed by atoms with Gasteiger partial charge >= 0.3 is 0 Å². The van der Waals surface area contributed by atoms with Gasteiger partial charge in [-0.3, -0.25) is 4.99 Å². The molecule has 5 nitrogen and oxygen atoms in total. The smallest absolute Gasteiger partial charge is 0.191 e. The van der Waals surface area contributed by atoms with E-state index in [1.54, 1.807) is 26.3 Å². The summed E-state index contributed by atoms with van der Waals surface area (Å²) in [7, 11) is 3.35. The first-order valence-electron chi connectivity index (χ1n) is 8.10. The van der Waals surface area contributed by atoms with Crippen LogP contribution >= 0.6 is 0 Å². The van der Waals surface area contributed by atoms with Gasteiger partial charge in [0.15, 0.2) is 5.96 Å². The lowest BCUT2D eigenvalue weighted by atomic mass is 10.2. The zero-order valence-corrected chi connectivity index (χ0v) is 14.8. The summed E-state index contributed by atoms with van der Waals surface area (Å²) < 4.78 is 24.0. The molecule has 0 amide bonds. The van der Waals surface area contributed by atoms with Crippen LogP contribution in [0, 0.1) is 5.82 Å². The maximum atomic E-state index is 13.2. The zero-order valence-electron chi connectivity index (χ0n) is 14.8. The minimum Gasteiger partial charge on any atom is -0.497 e. The van der Waals surface area contributed by atoms with E-state index in [2.05, 4.69) is 15.6 Å². The summed E-state index contributed by atoms with van der Waals surface area (Å²) in [4.78, 5) is 4.18. The Morgan fingerprint density at radius 3 is 2.52 bits per heavy atom. The average Bonchev–Trinajstić information content (AvgIpc) is 2.62. The molecule has 0 aromatic heterocycles. The Kier molecular flexibility index (Phi) is 7.07. The number of hydrogen-bond donors (Lipinski definition) is 2. The van der Waals surface area contributed by atoms with E-state index in [0.717, 1.165) is 11.3 Å². The van der Waals surface area contributed by atoms with Gasteiger partial charge in [0.2, 0.25) is 0 Å². The summed E-state index contributed by atoms with van der Waals surface area (Å²) in [5.41, 5.74) is 1.12. The molecule has 25 heavy (non-hydrogen) atoms. The first-order valence-corrected chi connectivity index (χ1v) is 8.10. The van der Waals surface area contributed by atoms with Crippen LogP contribution in [0.2, 0.25) is 0 Å². The number of hydrogen-bond acceptors (Lipinski definition) is 3. The third kappa shape index (κ3) is 6.33. The van der Waals surface area contributed by atoms with Crippen molar-refractivity contribution in [1.82, 2.24) is 10.6 Å². The third-order valence-electron chi connectivity index (χ3n) is 3.53. The van der Waals surface area contributed by atoms with Crippen LogP contribution in [0.5, 0.6) is 11.5 Å². The number of nitrogens with one attached hydrogen (secondary N) is 2. The van der Waals surface area contributed by atoms with Gasteiger partial charge in [-0.1, -0.05) is 18.2 Å². The molecule has 2 aromatic rings. The molecule has 0 bridgehead atoms. The summed E-state index contributed by atoms with van der Waals surface area (Å²) in [5, 5.41) is 6.43. The Labute approximate surface area is 147 Å². The van der Waals surface area contributed by atoms with Gasteiger partial charge in [-0.15, -0.1) is 0 Å². The van der Waals surface area contributed by atoms with Crippen molar-refractivity contribution < 1.29 is 13.9 Å². The van der Waals surface area contributed by atoms with Gasteiger partial charge in [-0.2, -0.15) is 0 Å². The topological polar surface area (TPSA) is 54.9 Å². The molecular weight excluding hydrogens is 321 g/mol. The molecule has 0 saturated heterocycles. The number of rotatable bonds is 7. The highest BCUT2D eigenvalue weighted by atomic mass is 19.1. The minimum absolute atomic E-state index is 0.138. The Bertz CT molecular complexity index is 689. The van der Waals surface area contributed by atoms with Crippen molar-refractivity contribution in [3.63, 3.8) is 0 Å². The lowest BCUT2D eigenvalue weighted by molar-refractivity contribution is 0.223. The first-order chi connectivity index (χ1) is 12.1. The molecule has 0 saturated carbocycles. The molecule has 0 spiro atoms. The van der Waals surface area contributed by atoms with Gasteiger partial charge in [0.05, 0.1) is 13.7 Å². The SMILES string of the molecule is CN=C(NCc1ccc(OC)cc1)NCC(C)Oc1cccc(F)c1. The van der Waals surface area contributed by atoms with Crippen molar-refractivity contribution in [2.75, 3.05) is 20.7 Å². The third-order valence-corrected chi connectivity index (χ3v) is 3.53. The van der Waals surface area contributed by atoms with Crippen LogP contribution in [0.25, 0.3) is 0 Å². The van der Waals surface area contributed by atoms with E-state index in [1.807, 2.05) is 31.2 Å². The molecule has 0 heterocycles. The highest BCUT2D eigenvalue weighted by Gasteiger charge is 2.06. The van der Waals surface area contributed by atoms with E-state index in [4.69, 9.17) is 9.47 Å². The molecule has 0 aliphatic carbocycles. The Morgan fingerprint density at radius 1 is 1.12 bits per heavy atom. The average molecular weight is 345 g/mol. The maximum Gasteiger partial charge on any atom is 0.191 e. The van der Waals surface area contributed by atoms with Crippen LogP contribution < -0.4 is 20.1 Å². The first kappa shape index (κ1) is 18.6. The number of guanidine groups is 1. The van der Waals surface area contributed by atoms with Crippen LogP contribution in [-0.2, 0) is 6.54 Å². The molecule has 0 aliphatic rings. The number of aliphatic imine (C=N–C) groups is 1. The predicted molar refractivity (Wildman–Crippen MR) is 97.7 cm³/mol. The normalized spacial score (nSPS) is 12.4. The molecule has 6 heteroatoms. The number of benzene rings is 2. The second kappa shape index (κ2) is 9.52. The highest BCUT2D eigenvalue weighted by Crippen LogP contribution is 2.13. The van der Waals surface area contributed by atoms with Crippen LogP contribution in [0.3, 0.4) is 0 Å². The maximum absolute atomic E-state index is 13.2. The lowest BCUT2D eigenvalue weighted by Crippen LogP contribution is -2.41. The summed E-state index contributed by atoms with van der Waals surface area (Å²) in [6.45, 7) is 3.09. The van der Waals surface area contributed by atoms with Crippen molar-refractivity contribution in [3.8, 4) is 11.5 Å². The fourth-order valence-corrected chi connectivity index (χ4v) is 2.20. The van der Waals surface area contributed by atoms with Crippen LogP contribution in [0.4, 0.5) is 4.39 Å². The standard InChI is InChI=1S/C19H24FN3O2/c1-14(25-18-6-4-5-16(20)11-18)12-22-19(21-2)23-13-15-7-9-17(24-3)10-8-15/h4-11,14H,12-13H2,1-3H3,(H2,21,22,23). The molecule has 134 valence electrons. The van der Waals surface area contributed by atoms with Crippen LogP contribution in [0.15, 0.2) is 53.5 Å². The van der Waals surface area contributed by atoms with Crippen molar-refractivity contribution in [2.45, 2.75) is 19.6 Å². The Balaban J connectivity index is 1.77. The molecule has 0 fully saturated rings. The number of nitrogens with zero attached hydrogens (tertiary/aromatic N) is 1. The van der Waals surface area contributed by atoms with Crippen LogP contribution in [0.1, 0.15) is 12.5 Å². The Morgan fingerprint density at radius 2 is 1.88 bits per heavy atom. The largest absolute Gasteiger partial charge is 0.497 e. The highest BCUT2D eigenvalue weighted by molar-refractivity contribution is 5.79. The van der Waals surface area contributed by atoms with E-state index >= 15 is 0 Å². The van der Waals surface area contributed by atoms with Gasteiger partial charge in [0, 0.05) is 19.7 Å². The van der Waals surface area contributed by atoms with E-state index in [-0.39, 0.29) is 11.9 Å². The fourth-order valence-electron chi connectivity index (χ4n) is 2.20. The molecule has 2 rings (SSSR count). The number of halogens is 1. The molecule has 2 aromatic carbocycles. The van der Waals surface area contributed by atoms with Gasteiger partial charge in [-0.05, 0) is 36.8 Å². The fraction of sp³-hybridized carbons (Fsp3) is 0.316. The van der Waals surface area contributed by atoms with Gasteiger partial charge < -0.3 is 20.1 Å². The molecule has 0 aliphatic heterocycles. The van der Waals surface area contributed by atoms with Crippen molar-refractivity contribution in [2.24, 2.45) is 4.99 Å². The van der Waals surface area contributed by atoms with E-state index in [0.29, 0.717) is 24.8 Å². The minimum atomic E-state index is -0.311. The molecule has 1 unspecified atom stereocenters.